The Balaban J connectivity index is 1.72. The van der Waals surface area contributed by atoms with E-state index < -0.39 is 66.5 Å². The number of hydrogen-bond acceptors (Lipinski definition) is 13. The van der Waals surface area contributed by atoms with Crippen molar-refractivity contribution in [3.8, 4) is 0 Å². The molecule has 210 valence electrons. The monoisotopic (exact) mass is 519 g/mol. The quantitative estimate of drug-likeness (QED) is 0.132. The number of aliphatic hydroxyl groups is 5. The Bertz CT molecular complexity index is 731. The van der Waals surface area contributed by atoms with Crippen LogP contribution in [0.3, 0.4) is 0 Å². The van der Waals surface area contributed by atoms with Crippen LogP contribution in [0.4, 0.5) is 0 Å². The first-order chi connectivity index (χ1) is 17.0. The van der Waals surface area contributed by atoms with Crippen molar-refractivity contribution in [3.63, 3.8) is 0 Å². The Hall–Kier alpha value is -0.940. The molecule has 2 aliphatic heterocycles. The van der Waals surface area contributed by atoms with E-state index in [1.165, 1.54) is 0 Å². The fourth-order valence-electron chi connectivity index (χ4n) is 5.53. The zero-order valence-electron chi connectivity index (χ0n) is 21.3. The standard InChI is InChI=1S/C23H45N5O8/c1-23(33)10-34-22(18(32)21(23)27-3)36-20-15(26-2)6-14(25)16(17(20)31)19-13(24)5-4-12(35-19)8-28-7-11(30)9-29/h4,11,13-22,26-33H,5-10,24-25H2,1-3H3. The molecule has 12 unspecified atom stereocenters. The van der Waals surface area contributed by atoms with E-state index in [1.807, 2.05) is 6.08 Å². The minimum absolute atomic E-state index is 0.0566. The summed E-state index contributed by atoms with van der Waals surface area (Å²) in [6.45, 7) is 1.69. The molecule has 13 nitrogen and oxygen atoms in total. The topological polar surface area (TPSA) is 217 Å². The van der Waals surface area contributed by atoms with Crippen molar-refractivity contribution >= 4 is 0 Å². The van der Waals surface area contributed by atoms with Gasteiger partial charge in [-0.25, -0.2) is 0 Å². The Kier molecular flexibility index (Phi) is 10.5. The van der Waals surface area contributed by atoms with E-state index in [0.717, 1.165) is 0 Å². The van der Waals surface area contributed by atoms with Crippen molar-refractivity contribution in [2.45, 2.75) is 86.3 Å². The summed E-state index contributed by atoms with van der Waals surface area (Å²) < 4.78 is 18.0. The van der Waals surface area contributed by atoms with E-state index in [9.17, 15) is 20.4 Å². The number of hydrogen-bond donors (Lipinski definition) is 10. The summed E-state index contributed by atoms with van der Waals surface area (Å²) >= 11 is 0. The molecule has 0 radical (unpaired) electrons. The van der Waals surface area contributed by atoms with Crippen molar-refractivity contribution in [1.29, 1.82) is 0 Å². The third-order valence-electron chi connectivity index (χ3n) is 7.55. The summed E-state index contributed by atoms with van der Waals surface area (Å²) in [6, 6.07) is -1.87. The molecular formula is C23H45N5O8. The van der Waals surface area contributed by atoms with Gasteiger partial charge in [0, 0.05) is 30.6 Å². The molecule has 0 aromatic rings. The van der Waals surface area contributed by atoms with Gasteiger partial charge in [0.1, 0.15) is 29.7 Å². The molecule has 13 heteroatoms. The van der Waals surface area contributed by atoms with E-state index in [4.69, 9.17) is 30.8 Å². The molecular weight excluding hydrogens is 474 g/mol. The maximum Gasteiger partial charge on any atom is 0.185 e. The lowest BCUT2D eigenvalue weighted by Crippen LogP contribution is -2.69. The minimum atomic E-state index is -1.29. The van der Waals surface area contributed by atoms with Crippen LogP contribution in [-0.4, -0.2) is 133 Å². The molecule has 12 N–H and O–H groups in total. The first-order valence-electron chi connectivity index (χ1n) is 12.6. The molecule has 1 saturated carbocycles. The molecule has 1 aliphatic carbocycles. The van der Waals surface area contributed by atoms with Crippen LogP contribution < -0.4 is 27.4 Å². The SMILES string of the molecule is CNC1CC(N)C(C2OC(CNCC(O)CO)=CCC2N)C(O)C1OC1OCC(C)(O)C(NC)C1O. The molecule has 0 spiro atoms. The summed E-state index contributed by atoms with van der Waals surface area (Å²) in [6.07, 6.45) is -2.75. The van der Waals surface area contributed by atoms with E-state index in [2.05, 4.69) is 16.0 Å². The number of rotatable bonds is 10. The number of likely N-dealkylation sites (N-methyl/N-ethyl adjacent to an activating group) is 2. The van der Waals surface area contributed by atoms with Gasteiger partial charge in [-0.3, -0.25) is 0 Å². The largest absolute Gasteiger partial charge is 0.492 e. The Morgan fingerprint density at radius 1 is 1.19 bits per heavy atom. The number of ether oxygens (including phenoxy) is 3. The van der Waals surface area contributed by atoms with Gasteiger partial charge in [-0.05, 0) is 39.9 Å². The molecule has 12 atom stereocenters. The Labute approximate surface area is 212 Å². The molecule has 0 aromatic carbocycles. The molecule has 2 fully saturated rings. The average Bonchev–Trinajstić information content (AvgIpc) is 2.83. The highest BCUT2D eigenvalue weighted by Crippen LogP contribution is 2.36. The lowest BCUT2D eigenvalue weighted by Gasteiger charge is -2.50. The predicted octanol–water partition coefficient (Wildman–Crippen LogP) is -4.33. The van der Waals surface area contributed by atoms with E-state index in [0.29, 0.717) is 25.1 Å². The second-order valence-corrected chi connectivity index (χ2v) is 10.4. The molecule has 36 heavy (non-hydrogen) atoms. The van der Waals surface area contributed by atoms with Crippen molar-refractivity contribution in [2.75, 3.05) is 40.4 Å². The van der Waals surface area contributed by atoms with Crippen LogP contribution in [0.25, 0.3) is 0 Å². The van der Waals surface area contributed by atoms with Crippen molar-refractivity contribution in [2.24, 2.45) is 17.4 Å². The van der Waals surface area contributed by atoms with Crippen LogP contribution in [0, 0.1) is 5.92 Å². The lowest BCUT2D eigenvalue weighted by atomic mass is 9.72. The first kappa shape index (κ1) is 29.6. The minimum Gasteiger partial charge on any atom is -0.492 e. The molecule has 3 rings (SSSR count). The van der Waals surface area contributed by atoms with Gasteiger partial charge in [0.15, 0.2) is 6.29 Å². The molecule has 1 saturated heterocycles. The number of aliphatic hydroxyl groups excluding tert-OH is 4. The highest BCUT2D eigenvalue weighted by molar-refractivity contribution is 5.10. The maximum atomic E-state index is 11.5. The van der Waals surface area contributed by atoms with Crippen LogP contribution in [0.5, 0.6) is 0 Å². The normalized spacial score (nSPS) is 44.6. The third-order valence-corrected chi connectivity index (χ3v) is 7.55. The van der Waals surface area contributed by atoms with Gasteiger partial charge in [-0.15, -0.1) is 0 Å². The van der Waals surface area contributed by atoms with Crippen molar-refractivity contribution < 1.29 is 39.7 Å². The third kappa shape index (κ3) is 6.54. The molecule has 0 bridgehead atoms. The summed E-state index contributed by atoms with van der Waals surface area (Å²) in [5, 5.41) is 60.5. The van der Waals surface area contributed by atoms with Crippen LogP contribution >= 0.6 is 0 Å². The van der Waals surface area contributed by atoms with Gasteiger partial charge in [-0.1, -0.05) is 0 Å². The average molecular weight is 520 g/mol. The predicted molar refractivity (Wildman–Crippen MR) is 131 cm³/mol. The zero-order chi connectivity index (χ0) is 26.6. The number of nitrogens with two attached hydrogens (primary N) is 2. The van der Waals surface area contributed by atoms with Gasteiger partial charge >= 0.3 is 0 Å². The second kappa shape index (κ2) is 12.7. The summed E-state index contributed by atoms with van der Waals surface area (Å²) in [4.78, 5) is 0. The van der Waals surface area contributed by atoms with Crippen LogP contribution in [-0.2, 0) is 14.2 Å². The van der Waals surface area contributed by atoms with Gasteiger partial charge in [0.25, 0.3) is 0 Å². The van der Waals surface area contributed by atoms with Crippen molar-refractivity contribution in [1.82, 2.24) is 16.0 Å². The van der Waals surface area contributed by atoms with E-state index >= 15 is 0 Å². The Morgan fingerprint density at radius 3 is 2.56 bits per heavy atom. The van der Waals surface area contributed by atoms with Crippen LogP contribution in [0.15, 0.2) is 11.8 Å². The fourth-order valence-corrected chi connectivity index (χ4v) is 5.53. The van der Waals surface area contributed by atoms with E-state index in [1.54, 1.807) is 21.0 Å². The zero-order valence-corrected chi connectivity index (χ0v) is 21.3. The maximum absolute atomic E-state index is 11.5. The highest BCUT2D eigenvalue weighted by Gasteiger charge is 2.52. The fraction of sp³-hybridized carbons (Fsp3) is 0.913. The smallest absolute Gasteiger partial charge is 0.185 e. The summed E-state index contributed by atoms with van der Waals surface area (Å²) in [5.41, 5.74) is 11.6. The lowest BCUT2D eigenvalue weighted by molar-refractivity contribution is -0.297. The van der Waals surface area contributed by atoms with E-state index in [-0.39, 0.29) is 25.8 Å². The van der Waals surface area contributed by atoms with Gasteiger partial charge < -0.3 is 67.2 Å². The molecule has 0 amide bonds. The molecule has 0 aromatic heterocycles. The second-order valence-electron chi connectivity index (χ2n) is 10.4. The van der Waals surface area contributed by atoms with Gasteiger partial charge in [-0.2, -0.15) is 0 Å². The number of nitrogens with one attached hydrogen (secondary N) is 3. The van der Waals surface area contributed by atoms with Gasteiger partial charge in [0.2, 0.25) is 0 Å². The van der Waals surface area contributed by atoms with Crippen LogP contribution in [0.2, 0.25) is 0 Å². The molecule has 3 aliphatic rings. The highest BCUT2D eigenvalue weighted by atomic mass is 16.7. The summed E-state index contributed by atoms with van der Waals surface area (Å²) in [7, 11) is 3.38. The first-order valence-corrected chi connectivity index (χ1v) is 12.6. The summed E-state index contributed by atoms with van der Waals surface area (Å²) in [5.74, 6) is 0.0508. The van der Waals surface area contributed by atoms with Crippen LogP contribution in [0.1, 0.15) is 19.8 Å². The molecule has 2 heterocycles. The Morgan fingerprint density at radius 2 is 1.92 bits per heavy atom. The van der Waals surface area contributed by atoms with Crippen molar-refractivity contribution in [3.05, 3.63) is 11.8 Å². The van der Waals surface area contributed by atoms with Gasteiger partial charge in [0.05, 0.1) is 38.0 Å².